The monoisotopic (exact) mass is 454 g/mol. The number of benzene rings is 1. The fourth-order valence-corrected chi connectivity index (χ4v) is 5.09. The number of aromatic nitrogens is 1. The lowest BCUT2D eigenvalue weighted by atomic mass is 9.87. The minimum atomic E-state index is -0.714. The highest BCUT2D eigenvalue weighted by molar-refractivity contribution is 6.05. The Bertz CT molecular complexity index is 1130. The molecule has 2 fully saturated rings. The Labute approximate surface area is 189 Å². The standard InChI is InChI=1S/C24H24F2N4O3/c25-19-11-18-15(12-30(24(18)33)20-4-5-22(31)28-23(20)32)10-17(19)14-6-8-29(9-7-14)13-16-2-1-3-21(26)27-16/h1-3,10-11,14,20H,4-9,12-13H2,(H,28,31,32). The number of hydrogen-bond donors (Lipinski definition) is 1. The molecule has 9 heteroatoms. The van der Waals surface area contributed by atoms with Gasteiger partial charge in [-0.2, -0.15) is 4.39 Å². The predicted molar refractivity (Wildman–Crippen MR) is 114 cm³/mol. The molecule has 2 aromatic rings. The van der Waals surface area contributed by atoms with E-state index in [1.165, 1.54) is 17.0 Å². The number of fused-ring (bicyclic) bond motifs is 1. The molecule has 2 saturated heterocycles. The number of carbonyl (C=O) groups excluding carboxylic acids is 3. The van der Waals surface area contributed by atoms with Crippen molar-refractivity contribution in [3.8, 4) is 0 Å². The number of carbonyl (C=O) groups is 3. The second kappa shape index (κ2) is 8.62. The van der Waals surface area contributed by atoms with Crippen molar-refractivity contribution in [1.29, 1.82) is 0 Å². The van der Waals surface area contributed by atoms with E-state index in [1.807, 2.05) is 0 Å². The molecule has 0 bridgehead atoms. The quantitative estimate of drug-likeness (QED) is 0.567. The zero-order valence-corrected chi connectivity index (χ0v) is 18.0. The van der Waals surface area contributed by atoms with Gasteiger partial charge in [0, 0.05) is 25.1 Å². The number of nitrogens with one attached hydrogen (secondary N) is 1. The Morgan fingerprint density at radius 2 is 1.85 bits per heavy atom. The van der Waals surface area contributed by atoms with Crippen LogP contribution in [0.1, 0.15) is 58.8 Å². The van der Waals surface area contributed by atoms with Gasteiger partial charge in [-0.3, -0.25) is 24.6 Å². The molecule has 0 spiro atoms. The van der Waals surface area contributed by atoms with E-state index in [0.717, 1.165) is 25.9 Å². The van der Waals surface area contributed by atoms with E-state index in [2.05, 4.69) is 15.2 Å². The lowest BCUT2D eigenvalue weighted by molar-refractivity contribution is -0.136. The van der Waals surface area contributed by atoms with Crippen molar-refractivity contribution in [2.75, 3.05) is 13.1 Å². The largest absolute Gasteiger partial charge is 0.322 e. The van der Waals surface area contributed by atoms with Gasteiger partial charge in [0.05, 0.1) is 5.69 Å². The van der Waals surface area contributed by atoms with Gasteiger partial charge in [-0.1, -0.05) is 12.1 Å². The van der Waals surface area contributed by atoms with Crippen molar-refractivity contribution in [2.45, 2.75) is 50.7 Å². The Morgan fingerprint density at radius 1 is 1.06 bits per heavy atom. The Kier molecular flexibility index (Phi) is 5.65. The third-order valence-electron chi connectivity index (χ3n) is 6.83. The SMILES string of the molecule is O=C1CCC(N2Cc3cc(C4CCN(Cc5cccc(F)n5)CC4)c(F)cc3C2=O)C(=O)N1. The average molecular weight is 454 g/mol. The predicted octanol–water partition coefficient (Wildman–Crippen LogP) is 2.50. The molecule has 1 N–H and O–H groups in total. The zero-order chi connectivity index (χ0) is 23.1. The third-order valence-corrected chi connectivity index (χ3v) is 6.83. The van der Waals surface area contributed by atoms with Gasteiger partial charge in [-0.05, 0) is 67.6 Å². The number of hydrogen-bond acceptors (Lipinski definition) is 5. The number of halogens is 2. The summed E-state index contributed by atoms with van der Waals surface area (Å²) in [6, 6.07) is 7.10. The van der Waals surface area contributed by atoms with Crippen LogP contribution in [0.25, 0.3) is 0 Å². The summed E-state index contributed by atoms with van der Waals surface area (Å²) in [5, 5.41) is 2.28. The van der Waals surface area contributed by atoms with Crippen LogP contribution in [-0.4, -0.2) is 51.6 Å². The van der Waals surface area contributed by atoms with Crippen molar-refractivity contribution < 1.29 is 23.2 Å². The molecule has 3 aliphatic heterocycles. The van der Waals surface area contributed by atoms with Crippen LogP contribution in [0.2, 0.25) is 0 Å². The van der Waals surface area contributed by atoms with Gasteiger partial charge >= 0.3 is 0 Å². The molecule has 5 rings (SSSR count). The van der Waals surface area contributed by atoms with Crippen molar-refractivity contribution in [3.63, 3.8) is 0 Å². The first-order valence-electron chi connectivity index (χ1n) is 11.2. The summed E-state index contributed by atoms with van der Waals surface area (Å²) >= 11 is 0. The third kappa shape index (κ3) is 4.25. The van der Waals surface area contributed by atoms with Crippen LogP contribution in [-0.2, 0) is 22.7 Å². The molecule has 1 aromatic heterocycles. The van der Waals surface area contributed by atoms with E-state index in [-0.39, 0.29) is 42.7 Å². The minimum Gasteiger partial charge on any atom is -0.322 e. The van der Waals surface area contributed by atoms with E-state index < -0.39 is 23.7 Å². The van der Waals surface area contributed by atoms with Crippen LogP contribution in [0.5, 0.6) is 0 Å². The second-order valence-electron chi connectivity index (χ2n) is 8.93. The van der Waals surface area contributed by atoms with E-state index in [1.54, 1.807) is 18.2 Å². The van der Waals surface area contributed by atoms with E-state index >= 15 is 4.39 Å². The molecular weight excluding hydrogens is 430 g/mol. The molecule has 33 heavy (non-hydrogen) atoms. The van der Waals surface area contributed by atoms with Crippen LogP contribution in [0, 0.1) is 11.8 Å². The molecule has 0 aliphatic carbocycles. The van der Waals surface area contributed by atoms with Gasteiger partial charge in [0.1, 0.15) is 11.9 Å². The van der Waals surface area contributed by atoms with Gasteiger partial charge in [0.15, 0.2) is 0 Å². The van der Waals surface area contributed by atoms with Crippen molar-refractivity contribution in [1.82, 2.24) is 20.1 Å². The summed E-state index contributed by atoms with van der Waals surface area (Å²) < 4.78 is 28.4. The minimum absolute atomic E-state index is 0.0202. The first kappa shape index (κ1) is 21.6. The fourth-order valence-electron chi connectivity index (χ4n) is 5.09. The number of rotatable bonds is 4. The highest BCUT2D eigenvalue weighted by Gasteiger charge is 2.40. The zero-order valence-electron chi connectivity index (χ0n) is 18.0. The number of amides is 3. The number of likely N-dealkylation sites (tertiary alicyclic amines) is 1. The molecule has 7 nitrogen and oxygen atoms in total. The Hall–Kier alpha value is -3.20. The van der Waals surface area contributed by atoms with Crippen LogP contribution >= 0.6 is 0 Å². The molecule has 0 radical (unpaired) electrons. The van der Waals surface area contributed by atoms with Gasteiger partial charge in [0.2, 0.25) is 17.8 Å². The molecule has 172 valence electrons. The van der Waals surface area contributed by atoms with Gasteiger partial charge in [-0.25, -0.2) is 9.37 Å². The van der Waals surface area contributed by atoms with Gasteiger partial charge in [0.25, 0.3) is 5.91 Å². The van der Waals surface area contributed by atoms with Crippen molar-refractivity contribution >= 4 is 17.7 Å². The van der Waals surface area contributed by atoms with E-state index in [9.17, 15) is 18.8 Å². The maximum Gasteiger partial charge on any atom is 0.255 e. The topological polar surface area (TPSA) is 82.6 Å². The van der Waals surface area contributed by atoms with Gasteiger partial charge in [-0.15, -0.1) is 0 Å². The maximum absolute atomic E-state index is 15.0. The number of imide groups is 1. The summed E-state index contributed by atoms with van der Waals surface area (Å²) in [6.45, 7) is 2.26. The van der Waals surface area contributed by atoms with E-state index in [4.69, 9.17) is 0 Å². The summed E-state index contributed by atoms with van der Waals surface area (Å²) in [7, 11) is 0. The van der Waals surface area contributed by atoms with Crippen molar-refractivity contribution in [2.24, 2.45) is 0 Å². The molecule has 1 atom stereocenters. The first-order chi connectivity index (χ1) is 15.9. The fraction of sp³-hybridized carbons (Fsp3) is 0.417. The highest BCUT2D eigenvalue weighted by Crippen LogP contribution is 2.35. The lowest BCUT2D eigenvalue weighted by Crippen LogP contribution is -2.52. The molecule has 1 unspecified atom stereocenters. The highest BCUT2D eigenvalue weighted by atomic mass is 19.1. The maximum atomic E-state index is 15.0. The molecule has 4 heterocycles. The molecule has 3 aliphatic rings. The first-order valence-corrected chi connectivity index (χ1v) is 11.2. The molecule has 0 saturated carbocycles. The number of pyridine rings is 1. The summed E-state index contributed by atoms with van der Waals surface area (Å²) in [6.07, 6.45) is 1.95. The van der Waals surface area contributed by atoms with E-state index in [0.29, 0.717) is 23.4 Å². The van der Waals surface area contributed by atoms with Gasteiger partial charge < -0.3 is 4.90 Å². The summed E-state index contributed by atoms with van der Waals surface area (Å²) in [4.78, 5) is 44.0. The molecule has 3 amide bonds. The number of nitrogens with zero attached hydrogens (tertiary/aromatic N) is 3. The Balaban J connectivity index is 1.27. The van der Waals surface area contributed by atoms with Crippen LogP contribution in [0.15, 0.2) is 30.3 Å². The average Bonchev–Trinajstić information content (AvgIpc) is 3.09. The Morgan fingerprint density at radius 3 is 2.58 bits per heavy atom. The molecular formula is C24H24F2N4O3. The lowest BCUT2D eigenvalue weighted by Gasteiger charge is -2.32. The molecule has 1 aromatic carbocycles. The van der Waals surface area contributed by atoms with Crippen LogP contribution in [0.4, 0.5) is 8.78 Å². The second-order valence-corrected chi connectivity index (χ2v) is 8.93. The summed E-state index contributed by atoms with van der Waals surface area (Å²) in [5.74, 6) is -2.07. The smallest absolute Gasteiger partial charge is 0.255 e. The van der Waals surface area contributed by atoms with Crippen molar-refractivity contribution in [3.05, 3.63) is 64.5 Å². The normalized spacial score (nSPS) is 21.9. The summed E-state index contributed by atoms with van der Waals surface area (Å²) in [5.41, 5.74) is 2.27. The van der Waals surface area contributed by atoms with Crippen LogP contribution in [0.3, 0.4) is 0 Å². The van der Waals surface area contributed by atoms with Crippen LogP contribution < -0.4 is 5.32 Å². The number of piperidine rings is 2.